The SMILES string of the molecule is N#Cc1ccc(C(=O)OCC(=O)NCCc2ccc(F)cc2)cc1. The second-order valence-corrected chi connectivity index (χ2v) is 4.99. The van der Waals surface area contributed by atoms with Crippen LogP contribution in [0.4, 0.5) is 4.39 Å². The van der Waals surface area contributed by atoms with Gasteiger partial charge in [0.05, 0.1) is 17.2 Å². The molecule has 122 valence electrons. The van der Waals surface area contributed by atoms with Crippen molar-refractivity contribution in [2.24, 2.45) is 0 Å². The van der Waals surface area contributed by atoms with Crippen molar-refractivity contribution in [2.75, 3.05) is 13.2 Å². The number of hydrogen-bond donors (Lipinski definition) is 1. The highest BCUT2D eigenvalue weighted by molar-refractivity contribution is 5.91. The maximum atomic E-state index is 12.8. The maximum Gasteiger partial charge on any atom is 0.338 e. The Morgan fingerprint density at radius 3 is 2.38 bits per heavy atom. The summed E-state index contributed by atoms with van der Waals surface area (Å²) < 4.78 is 17.7. The number of carbonyl (C=O) groups excluding carboxylic acids is 2. The highest BCUT2D eigenvalue weighted by Gasteiger charge is 2.10. The molecule has 0 saturated carbocycles. The molecule has 0 fully saturated rings. The molecule has 0 saturated heterocycles. The number of benzene rings is 2. The van der Waals surface area contributed by atoms with E-state index in [1.54, 1.807) is 12.1 Å². The molecule has 2 aromatic rings. The summed E-state index contributed by atoms with van der Waals surface area (Å²) in [6.45, 7) is -0.0267. The molecule has 0 aliphatic carbocycles. The third-order valence-corrected chi connectivity index (χ3v) is 3.23. The van der Waals surface area contributed by atoms with Gasteiger partial charge in [-0.05, 0) is 48.4 Å². The van der Waals surface area contributed by atoms with Crippen molar-refractivity contribution in [3.8, 4) is 6.07 Å². The van der Waals surface area contributed by atoms with E-state index in [2.05, 4.69) is 5.32 Å². The zero-order valence-electron chi connectivity index (χ0n) is 12.8. The van der Waals surface area contributed by atoms with E-state index in [1.165, 1.54) is 36.4 Å². The Kier molecular flexibility index (Phi) is 6.03. The molecule has 6 heteroatoms. The third-order valence-electron chi connectivity index (χ3n) is 3.23. The van der Waals surface area contributed by atoms with Crippen LogP contribution >= 0.6 is 0 Å². The van der Waals surface area contributed by atoms with Crippen LogP contribution in [0.3, 0.4) is 0 Å². The zero-order valence-corrected chi connectivity index (χ0v) is 12.8. The Hall–Kier alpha value is -3.20. The second kappa shape index (κ2) is 8.44. The van der Waals surface area contributed by atoms with Crippen LogP contribution in [-0.4, -0.2) is 25.0 Å². The number of nitriles is 1. The molecule has 0 aromatic heterocycles. The number of carbonyl (C=O) groups is 2. The number of amides is 1. The van der Waals surface area contributed by atoms with Crippen molar-refractivity contribution in [1.82, 2.24) is 5.32 Å². The van der Waals surface area contributed by atoms with Gasteiger partial charge >= 0.3 is 5.97 Å². The fourth-order valence-corrected chi connectivity index (χ4v) is 1.94. The Morgan fingerprint density at radius 2 is 1.75 bits per heavy atom. The fourth-order valence-electron chi connectivity index (χ4n) is 1.94. The lowest BCUT2D eigenvalue weighted by molar-refractivity contribution is -0.124. The second-order valence-electron chi connectivity index (χ2n) is 4.99. The predicted octanol–water partition coefficient (Wildman–Crippen LogP) is 2.21. The summed E-state index contributed by atoms with van der Waals surface area (Å²) in [6, 6.07) is 13.9. The third kappa shape index (κ3) is 5.21. The first kappa shape index (κ1) is 17.2. The van der Waals surface area contributed by atoms with Crippen molar-refractivity contribution >= 4 is 11.9 Å². The first-order chi connectivity index (χ1) is 11.6. The average Bonchev–Trinajstić information content (AvgIpc) is 2.61. The molecule has 0 radical (unpaired) electrons. The first-order valence-corrected chi connectivity index (χ1v) is 7.27. The molecule has 1 amide bonds. The Labute approximate surface area is 138 Å². The molecule has 2 rings (SSSR count). The van der Waals surface area contributed by atoms with Gasteiger partial charge in [0.15, 0.2) is 6.61 Å². The number of rotatable bonds is 6. The lowest BCUT2D eigenvalue weighted by Crippen LogP contribution is -2.30. The molecule has 0 spiro atoms. The van der Waals surface area contributed by atoms with E-state index in [9.17, 15) is 14.0 Å². The van der Waals surface area contributed by atoms with Crippen LogP contribution in [0.1, 0.15) is 21.5 Å². The van der Waals surface area contributed by atoms with Crippen LogP contribution < -0.4 is 5.32 Å². The monoisotopic (exact) mass is 326 g/mol. The largest absolute Gasteiger partial charge is 0.452 e. The Balaban J connectivity index is 1.71. The number of esters is 1. The molecule has 0 unspecified atom stereocenters. The summed E-state index contributed by atoms with van der Waals surface area (Å²) in [6.07, 6.45) is 0.551. The summed E-state index contributed by atoms with van der Waals surface area (Å²) >= 11 is 0. The lowest BCUT2D eigenvalue weighted by atomic mass is 10.1. The molecule has 2 aromatic carbocycles. The van der Waals surface area contributed by atoms with Crippen LogP contribution in [0, 0.1) is 17.1 Å². The van der Waals surface area contributed by atoms with Crippen molar-refractivity contribution in [2.45, 2.75) is 6.42 Å². The van der Waals surface area contributed by atoms with Crippen molar-refractivity contribution in [3.05, 3.63) is 71.0 Å². The standard InChI is InChI=1S/C18H15FN2O3/c19-16-7-3-13(4-8-16)9-10-21-17(22)12-24-18(23)15-5-1-14(11-20)2-6-15/h1-8H,9-10,12H2,(H,21,22). The van der Waals surface area contributed by atoms with Crippen LogP contribution in [0.25, 0.3) is 0 Å². The number of nitrogens with zero attached hydrogens (tertiary/aromatic N) is 1. The normalized spacial score (nSPS) is 9.83. The minimum Gasteiger partial charge on any atom is -0.452 e. The molecular formula is C18H15FN2O3. The van der Waals surface area contributed by atoms with Gasteiger partial charge in [0.1, 0.15) is 5.82 Å². The minimum absolute atomic E-state index is 0.271. The zero-order chi connectivity index (χ0) is 17.4. The summed E-state index contributed by atoms with van der Waals surface area (Å²) in [5.41, 5.74) is 1.60. The van der Waals surface area contributed by atoms with Gasteiger partial charge in [-0.25, -0.2) is 9.18 Å². The van der Waals surface area contributed by atoms with E-state index in [1.807, 2.05) is 6.07 Å². The van der Waals surface area contributed by atoms with Gasteiger partial charge in [0, 0.05) is 6.54 Å². The van der Waals surface area contributed by atoms with Crippen molar-refractivity contribution in [1.29, 1.82) is 5.26 Å². The number of ether oxygens (including phenoxy) is 1. The smallest absolute Gasteiger partial charge is 0.338 e. The molecule has 0 bridgehead atoms. The highest BCUT2D eigenvalue weighted by atomic mass is 19.1. The van der Waals surface area contributed by atoms with Crippen LogP contribution in [-0.2, 0) is 16.0 Å². The Morgan fingerprint density at radius 1 is 1.08 bits per heavy atom. The van der Waals surface area contributed by atoms with Crippen molar-refractivity contribution in [3.63, 3.8) is 0 Å². The van der Waals surface area contributed by atoms with E-state index in [-0.39, 0.29) is 18.0 Å². The van der Waals surface area contributed by atoms with Gasteiger partial charge in [-0.2, -0.15) is 5.26 Å². The van der Waals surface area contributed by atoms with E-state index in [0.29, 0.717) is 18.5 Å². The van der Waals surface area contributed by atoms with Gasteiger partial charge < -0.3 is 10.1 Å². The van der Waals surface area contributed by atoms with E-state index >= 15 is 0 Å². The van der Waals surface area contributed by atoms with E-state index in [4.69, 9.17) is 10.00 Å². The average molecular weight is 326 g/mol. The molecule has 5 nitrogen and oxygen atoms in total. The van der Waals surface area contributed by atoms with E-state index < -0.39 is 11.9 Å². The quantitative estimate of drug-likeness (QED) is 0.826. The Bertz CT molecular complexity index is 749. The maximum absolute atomic E-state index is 12.8. The van der Waals surface area contributed by atoms with Gasteiger partial charge in [-0.15, -0.1) is 0 Å². The number of halogens is 1. The summed E-state index contributed by atoms with van der Waals surface area (Å²) in [4.78, 5) is 23.4. The minimum atomic E-state index is -0.631. The first-order valence-electron chi connectivity index (χ1n) is 7.27. The fraction of sp³-hybridized carbons (Fsp3) is 0.167. The van der Waals surface area contributed by atoms with Crippen LogP contribution in [0.15, 0.2) is 48.5 Å². The topological polar surface area (TPSA) is 79.2 Å². The van der Waals surface area contributed by atoms with Gasteiger partial charge in [-0.3, -0.25) is 4.79 Å². The highest BCUT2D eigenvalue weighted by Crippen LogP contribution is 2.05. The molecule has 0 atom stereocenters. The summed E-state index contributed by atoms with van der Waals surface area (Å²) in [5.74, 6) is -1.36. The van der Waals surface area contributed by atoms with Crippen LogP contribution in [0.5, 0.6) is 0 Å². The molecule has 1 N–H and O–H groups in total. The summed E-state index contributed by atoms with van der Waals surface area (Å²) in [7, 11) is 0. The molecule has 24 heavy (non-hydrogen) atoms. The molecule has 0 aliphatic rings. The lowest BCUT2D eigenvalue weighted by Gasteiger charge is -2.07. The summed E-state index contributed by atoms with van der Waals surface area (Å²) in [5, 5.41) is 11.3. The van der Waals surface area contributed by atoms with Crippen LogP contribution in [0.2, 0.25) is 0 Å². The molecule has 0 heterocycles. The molecular weight excluding hydrogens is 311 g/mol. The van der Waals surface area contributed by atoms with E-state index in [0.717, 1.165) is 5.56 Å². The van der Waals surface area contributed by atoms with Crippen molar-refractivity contribution < 1.29 is 18.7 Å². The number of hydrogen-bond acceptors (Lipinski definition) is 4. The van der Waals surface area contributed by atoms with Gasteiger partial charge in [0.25, 0.3) is 5.91 Å². The van der Waals surface area contributed by atoms with Gasteiger partial charge in [0.2, 0.25) is 0 Å². The van der Waals surface area contributed by atoms with Gasteiger partial charge in [-0.1, -0.05) is 12.1 Å². The number of nitrogens with one attached hydrogen (secondary N) is 1. The predicted molar refractivity (Wildman–Crippen MR) is 84.6 cm³/mol. The molecule has 0 aliphatic heterocycles.